The van der Waals surface area contributed by atoms with Gasteiger partial charge in [0.25, 0.3) is 0 Å². The first-order valence-corrected chi connectivity index (χ1v) is 20.8. The van der Waals surface area contributed by atoms with Crippen LogP contribution in [0.4, 0.5) is 11.4 Å². The number of benzene rings is 2. The van der Waals surface area contributed by atoms with Crippen LogP contribution in [0, 0.1) is 0 Å². The largest absolute Gasteiger partial charge is 0.362 e. The van der Waals surface area contributed by atoms with Gasteiger partial charge >= 0.3 is 0 Å². The first kappa shape index (κ1) is 37.8. The molecule has 2 nitrogen and oxygen atoms in total. The Morgan fingerprint density at radius 3 is 1.18 bits per heavy atom. The van der Waals surface area contributed by atoms with Gasteiger partial charge in [-0.05, 0) is 125 Å². The van der Waals surface area contributed by atoms with E-state index >= 15 is 0 Å². The van der Waals surface area contributed by atoms with Gasteiger partial charge in [0, 0.05) is 41.0 Å². The van der Waals surface area contributed by atoms with Crippen molar-refractivity contribution in [1.29, 1.82) is 0 Å². The molecule has 0 fully saturated rings. The van der Waals surface area contributed by atoms with Crippen LogP contribution in [-0.2, 0) is 5.41 Å². The van der Waals surface area contributed by atoms with E-state index in [1.165, 1.54) is 135 Å². The van der Waals surface area contributed by atoms with Gasteiger partial charge < -0.3 is 9.80 Å². The highest BCUT2D eigenvalue weighted by Gasteiger charge is 2.46. The Hall–Kier alpha value is -2.48. The second-order valence-electron chi connectivity index (χ2n) is 17.2. The van der Waals surface area contributed by atoms with E-state index in [4.69, 9.17) is 0 Å². The molecule has 0 spiro atoms. The summed E-state index contributed by atoms with van der Waals surface area (Å²) in [4.78, 5) is 5.45. The van der Waals surface area contributed by atoms with Crippen LogP contribution < -0.4 is 9.80 Å². The zero-order valence-corrected chi connectivity index (χ0v) is 33.6. The van der Waals surface area contributed by atoms with Gasteiger partial charge in [-0.25, -0.2) is 0 Å². The maximum Gasteiger partial charge on any atom is 0.0534 e. The summed E-state index contributed by atoms with van der Waals surface area (Å²) >= 11 is 0. The van der Waals surface area contributed by atoms with Crippen molar-refractivity contribution in [2.45, 2.75) is 188 Å². The minimum absolute atomic E-state index is 0.0151. The molecule has 2 aliphatic heterocycles. The quantitative estimate of drug-likeness (QED) is 0.146. The van der Waals surface area contributed by atoms with E-state index in [0.717, 1.165) is 25.9 Å². The molecule has 0 bridgehead atoms. The molecular formula is C47H72N2. The lowest BCUT2D eigenvalue weighted by Crippen LogP contribution is -2.45. The number of rotatable bonds is 18. The number of anilines is 2. The highest BCUT2D eigenvalue weighted by Crippen LogP contribution is 2.59. The predicted molar refractivity (Wildman–Crippen MR) is 219 cm³/mol. The molecule has 5 rings (SSSR count). The Balaban J connectivity index is 1.71. The molecule has 0 atom stereocenters. The van der Waals surface area contributed by atoms with Crippen molar-refractivity contribution in [2.24, 2.45) is 0 Å². The summed E-state index contributed by atoms with van der Waals surface area (Å²) in [6.07, 6.45) is 26.1. The summed E-state index contributed by atoms with van der Waals surface area (Å²) in [6.45, 7) is 25.9. The molecule has 0 radical (unpaired) electrons. The molecule has 2 heterocycles. The smallest absolute Gasteiger partial charge is 0.0534 e. The van der Waals surface area contributed by atoms with Gasteiger partial charge in [0.1, 0.15) is 0 Å². The molecular weight excluding hydrogens is 593 g/mol. The Morgan fingerprint density at radius 1 is 0.449 bits per heavy atom. The molecule has 49 heavy (non-hydrogen) atoms. The van der Waals surface area contributed by atoms with E-state index in [-0.39, 0.29) is 16.5 Å². The van der Waals surface area contributed by atoms with Gasteiger partial charge in [-0.2, -0.15) is 0 Å². The van der Waals surface area contributed by atoms with Crippen LogP contribution in [-0.4, -0.2) is 24.2 Å². The van der Waals surface area contributed by atoms with Gasteiger partial charge in [0.2, 0.25) is 0 Å². The van der Waals surface area contributed by atoms with Gasteiger partial charge in [0.05, 0.1) is 11.1 Å². The van der Waals surface area contributed by atoms with E-state index in [0.29, 0.717) is 0 Å². The second kappa shape index (κ2) is 15.8. The fraction of sp³-hybridized carbons (Fsp3) is 0.660. The number of hydrogen-bond acceptors (Lipinski definition) is 2. The van der Waals surface area contributed by atoms with Crippen LogP contribution in [0.25, 0.3) is 22.3 Å². The van der Waals surface area contributed by atoms with Crippen LogP contribution >= 0.6 is 0 Å². The van der Waals surface area contributed by atoms with Gasteiger partial charge in [-0.3, -0.25) is 0 Å². The van der Waals surface area contributed by atoms with Crippen molar-refractivity contribution in [3.05, 3.63) is 58.7 Å². The molecule has 0 saturated carbocycles. The average Bonchev–Trinajstić information content (AvgIpc) is 3.30. The van der Waals surface area contributed by atoms with Crippen LogP contribution in [0.15, 0.2) is 36.4 Å². The number of unbranched alkanes of at least 4 members (excludes halogenated alkanes) is 10. The second-order valence-corrected chi connectivity index (χ2v) is 17.2. The summed E-state index contributed by atoms with van der Waals surface area (Å²) in [5.41, 5.74) is 15.1. The van der Waals surface area contributed by atoms with Crippen LogP contribution in [0.5, 0.6) is 0 Å². The lowest BCUT2D eigenvalue weighted by Gasteiger charge is -2.44. The van der Waals surface area contributed by atoms with Crippen molar-refractivity contribution in [1.82, 2.24) is 0 Å². The third-order valence-corrected chi connectivity index (χ3v) is 12.4. The molecule has 0 saturated heterocycles. The molecule has 2 heteroatoms. The highest BCUT2D eigenvalue weighted by atomic mass is 15.2. The lowest BCUT2D eigenvalue weighted by molar-refractivity contribution is 0.397. The van der Waals surface area contributed by atoms with Gasteiger partial charge in [0.15, 0.2) is 0 Å². The molecule has 0 unspecified atom stereocenters. The van der Waals surface area contributed by atoms with Crippen molar-refractivity contribution >= 4 is 22.5 Å². The van der Waals surface area contributed by atoms with Crippen molar-refractivity contribution in [3.63, 3.8) is 0 Å². The zero-order valence-electron chi connectivity index (χ0n) is 33.6. The molecule has 3 aliphatic rings. The predicted octanol–water partition coefficient (Wildman–Crippen LogP) is 14.3. The van der Waals surface area contributed by atoms with E-state index in [1.54, 1.807) is 11.1 Å². The maximum absolute atomic E-state index is 2.72. The van der Waals surface area contributed by atoms with Crippen molar-refractivity contribution in [3.8, 4) is 11.1 Å². The Labute approximate surface area is 302 Å². The van der Waals surface area contributed by atoms with Crippen LogP contribution in [0.2, 0.25) is 0 Å². The lowest BCUT2D eigenvalue weighted by atomic mass is 9.69. The third kappa shape index (κ3) is 7.46. The molecule has 270 valence electrons. The topological polar surface area (TPSA) is 6.48 Å². The Morgan fingerprint density at radius 2 is 0.816 bits per heavy atom. The standard InChI is InChI=1S/C47H72N2/c1-11-15-17-19-21-23-25-47(26-24-22-20-18-16-12-2)41-31-43-37(35(5)33-45(7,8)48(43)27-13-3)29-39(41)40-30-38-36(6)34-46(9,10)49(28-14-4)44(38)32-42(40)47/h29-34H,11-28H2,1-10H3. The van der Waals surface area contributed by atoms with Crippen LogP contribution in [0.3, 0.4) is 0 Å². The molecule has 0 amide bonds. The summed E-state index contributed by atoms with van der Waals surface area (Å²) in [5.74, 6) is 0. The first-order valence-electron chi connectivity index (χ1n) is 20.8. The number of hydrogen-bond donors (Lipinski definition) is 0. The van der Waals surface area contributed by atoms with E-state index in [1.807, 2.05) is 0 Å². The Bertz CT molecular complexity index is 1390. The third-order valence-electron chi connectivity index (χ3n) is 12.4. The molecule has 1 aliphatic carbocycles. The first-order chi connectivity index (χ1) is 23.5. The van der Waals surface area contributed by atoms with Crippen molar-refractivity contribution < 1.29 is 0 Å². The highest BCUT2D eigenvalue weighted by molar-refractivity contribution is 5.94. The SMILES string of the molecule is CCCCCCCCC1(CCCCCCCC)c2cc3c(cc2-c2cc4c(cc21)N(CCC)C(C)(C)C=C4C)C(C)=CC(C)(C)N3CCC. The van der Waals surface area contributed by atoms with E-state index in [9.17, 15) is 0 Å². The summed E-state index contributed by atoms with van der Waals surface area (Å²) in [7, 11) is 0. The molecule has 2 aromatic rings. The molecule has 0 N–H and O–H groups in total. The van der Waals surface area contributed by atoms with Gasteiger partial charge in [-0.1, -0.05) is 117 Å². The number of nitrogens with zero attached hydrogens (tertiary/aromatic N) is 2. The van der Waals surface area contributed by atoms with Gasteiger partial charge in [-0.15, -0.1) is 0 Å². The molecule has 2 aromatic carbocycles. The number of fused-ring (bicyclic) bond motifs is 5. The zero-order chi connectivity index (χ0) is 35.4. The minimum Gasteiger partial charge on any atom is -0.362 e. The van der Waals surface area contributed by atoms with E-state index < -0.39 is 0 Å². The Kier molecular flexibility index (Phi) is 12.2. The maximum atomic E-state index is 2.72. The monoisotopic (exact) mass is 665 g/mol. The fourth-order valence-corrected chi connectivity index (χ4v) is 9.97. The fourth-order valence-electron chi connectivity index (χ4n) is 9.97. The van der Waals surface area contributed by atoms with Crippen LogP contribution in [0.1, 0.15) is 194 Å². The molecule has 0 aromatic heterocycles. The average molecular weight is 665 g/mol. The summed E-state index contributed by atoms with van der Waals surface area (Å²) < 4.78 is 0. The van der Waals surface area contributed by atoms with Crippen molar-refractivity contribution in [2.75, 3.05) is 22.9 Å². The summed E-state index contributed by atoms with van der Waals surface area (Å²) in [5, 5.41) is 0. The summed E-state index contributed by atoms with van der Waals surface area (Å²) in [6, 6.07) is 10.7. The normalized spacial score (nSPS) is 18.1. The number of allylic oxidation sites excluding steroid dienone is 2. The minimum atomic E-state index is 0.0151. The van der Waals surface area contributed by atoms with E-state index in [2.05, 4.69) is 115 Å².